The summed E-state index contributed by atoms with van der Waals surface area (Å²) < 4.78 is 2.08. The molecule has 5 nitrogen and oxygen atoms in total. The minimum Gasteiger partial charge on any atom is -0.507 e. The lowest BCUT2D eigenvalue weighted by molar-refractivity contribution is 0.287. The number of nitrogens with two attached hydrogens (primary N) is 1. The van der Waals surface area contributed by atoms with Gasteiger partial charge in [-0.3, -0.25) is 4.68 Å². The van der Waals surface area contributed by atoms with Crippen LogP contribution in [0.4, 0.5) is 5.69 Å². The van der Waals surface area contributed by atoms with Crippen LogP contribution in [-0.2, 0) is 6.54 Å². The Kier molecular flexibility index (Phi) is 4.09. The predicted molar refractivity (Wildman–Crippen MR) is 103 cm³/mol. The Bertz CT molecular complexity index is 946. The Balaban J connectivity index is 1.87. The number of aromatic hydroxyl groups is 1. The van der Waals surface area contributed by atoms with Gasteiger partial charge in [0.05, 0.1) is 17.0 Å². The van der Waals surface area contributed by atoms with Crippen molar-refractivity contribution >= 4 is 28.4 Å². The van der Waals surface area contributed by atoms with Gasteiger partial charge in [-0.25, -0.2) is 0 Å². The fourth-order valence-corrected chi connectivity index (χ4v) is 4.56. The van der Waals surface area contributed by atoms with Crippen LogP contribution in [0, 0.1) is 0 Å². The van der Waals surface area contributed by atoms with E-state index < -0.39 is 0 Å². The molecule has 1 aromatic heterocycles. The summed E-state index contributed by atoms with van der Waals surface area (Å²) in [6, 6.07) is 9.60. The van der Waals surface area contributed by atoms with Gasteiger partial charge in [0.25, 0.3) is 0 Å². The van der Waals surface area contributed by atoms with Crippen molar-refractivity contribution < 1.29 is 5.11 Å². The summed E-state index contributed by atoms with van der Waals surface area (Å²) >= 11 is 1.54. The SMILES string of the molecule is CCN(CC)CCn1nc2c3c(c(N)ccc31)Sc1c(O)cccc1-2. The number of phenolic OH excluding ortho intramolecular Hbond substituents is 1. The molecule has 0 spiro atoms. The molecule has 0 unspecified atom stereocenters. The molecule has 0 saturated carbocycles. The van der Waals surface area contributed by atoms with E-state index in [4.69, 9.17) is 10.8 Å². The lowest BCUT2D eigenvalue weighted by atomic mass is 10.1. The molecule has 2 heterocycles. The van der Waals surface area contributed by atoms with E-state index in [0.29, 0.717) is 0 Å². The maximum absolute atomic E-state index is 10.3. The van der Waals surface area contributed by atoms with Crippen molar-refractivity contribution in [2.75, 3.05) is 25.4 Å². The number of aromatic nitrogens is 2. The lowest BCUT2D eigenvalue weighted by Gasteiger charge is -2.18. The Hall–Kier alpha value is -2.18. The predicted octanol–water partition coefficient (Wildman–Crippen LogP) is 3.80. The van der Waals surface area contributed by atoms with Crippen LogP contribution in [0.5, 0.6) is 5.75 Å². The Morgan fingerprint density at radius 3 is 2.72 bits per heavy atom. The minimum atomic E-state index is 0.280. The van der Waals surface area contributed by atoms with Crippen molar-refractivity contribution in [1.82, 2.24) is 14.7 Å². The van der Waals surface area contributed by atoms with Crippen molar-refractivity contribution in [2.24, 2.45) is 0 Å². The molecule has 0 atom stereocenters. The Morgan fingerprint density at radius 2 is 1.96 bits per heavy atom. The van der Waals surface area contributed by atoms with Crippen LogP contribution in [-0.4, -0.2) is 39.4 Å². The highest BCUT2D eigenvalue weighted by molar-refractivity contribution is 8.00. The highest BCUT2D eigenvalue weighted by Gasteiger charge is 2.27. The zero-order valence-electron chi connectivity index (χ0n) is 14.5. The number of hydrogen-bond acceptors (Lipinski definition) is 5. The van der Waals surface area contributed by atoms with E-state index in [2.05, 4.69) is 29.5 Å². The fraction of sp³-hybridized carbons (Fsp3) is 0.316. The molecule has 130 valence electrons. The smallest absolute Gasteiger partial charge is 0.130 e. The Morgan fingerprint density at radius 1 is 1.16 bits per heavy atom. The van der Waals surface area contributed by atoms with E-state index in [9.17, 15) is 5.11 Å². The molecule has 0 amide bonds. The second-order valence-electron chi connectivity index (χ2n) is 6.23. The average molecular weight is 354 g/mol. The van der Waals surface area contributed by atoms with Crippen LogP contribution < -0.4 is 5.73 Å². The maximum atomic E-state index is 10.3. The van der Waals surface area contributed by atoms with Gasteiger partial charge in [-0.1, -0.05) is 37.7 Å². The van der Waals surface area contributed by atoms with Crippen molar-refractivity contribution in [3.05, 3.63) is 30.3 Å². The molecule has 3 aromatic rings. The number of anilines is 1. The van der Waals surface area contributed by atoms with Crippen LogP contribution in [0.3, 0.4) is 0 Å². The molecule has 25 heavy (non-hydrogen) atoms. The summed E-state index contributed by atoms with van der Waals surface area (Å²) in [5.74, 6) is 0.280. The second-order valence-corrected chi connectivity index (χ2v) is 7.25. The summed E-state index contributed by atoms with van der Waals surface area (Å²) in [6.45, 7) is 8.22. The number of fused-ring (bicyclic) bond motifs is 2. The molecule has 0 aliphatic carbocycles. The third kappa shape index (κ3) is 2.56. The number of phenols is 1. The molecule has 6 heteroatoms. The van der Waals surface area contributed by atoms with E-state index in [-0.39, 0.29) is 5.75 Å². The lowest BCUT2D eigenvalue weighted by Crippen LogP contribution is -2.27. The third-order valence-corrected chi connectivity index (χ3v) is 6.15. The van der Waals surface area contributed by atoms with Crippen molar-refractivity contribution in [1.29, 1.82) is 0 Å². The number of nitrogens with zero attached hydrogens (tertiary/aromatic N) is 3. The Labute approximate surface area is 151 Å². The minimum absolute atomic E-state index is 0.280. The van der Waals surface area contributed by atoms with E-state index in [1.54, 1.807) is 6.07 Å². The molecular weight excluding hydrogens is 332 g/mol. The van der Waals surface area contributed by atoms with E-state index >= 15 is 0 Å². The number of nitrogen functional groups attached to an aromatic ring is 1. The van der Waals surface area contributed by atoms with E-state index in [1.165, 1.54) is 11.8 Å². The van der Waals surface area contributed by atoms with Crippen LogP contribution in [0.15, 0.2) is 40.1 Å². The molecule has 2 aromatic carbocycles. The maximum Gasteiger partial charge on any atom is 0.130 e. The first-order chi connectivity index (χ1) is 12.1. The van der Waals surface area contributed by atoms with E-state index in [1.807, 2.05) is 18.2 Å². The normalized spacial score (nSPS) is 12.8. The number of hydrogen-bond donors (Lipinski definition) is 2. The number of likely N-dealkylation sites (N-methyl/N-ethyl adjacent to an activating group) is 1. The molecular formula is C19H22N4OS. The molecule has 0 bridgehead atoms. The van der Waals surface area contributed by atoms with Crippen LogP contribution in [0.1, 0.15) is 13.8 Å². The molecule has 4 rings (SSSR count). The highest BCUT2D eigenvalue weighted by atomic mass is 32.2. The van der Waals surface area contributed by atoms with Gasteiger partial charge in [0.15, 0.2) is 0 Å². The molecule has 0 fully saturated rings. The number of benzene rings is 2. The molecule has 1 aliphatic rings. The fourth-order valence-electron chi connectivity index (χ4n) is 3.42. The van der Waals surface area contributed by atoms with Gasteiger partial charge in [-0.05, 0) is 31.3 Å². The molecule has 0 radical (unpaired) electrons. The van der Waals surface area contributed by atoms with Crippen LogP contribution in [0.2, 0.25) is 0 Å². The summed E-state index contributed by atoms with van der Waals surface area (Å²) in [5.41, 5.74) is 9.97. The zero-order valence-corrected chi connectivity index (χ0v) is 15.3. The largest absolute Gasteiger partial charge is 0.507 e. The van der Waals surface area contributed by atoms with Crippen molar-refractivity contribution in [3.63, 3.8) is 0 Å². The van der Waals surface area contributed by atoms with Gasteiger partial charge in [0.1, 0.15) is 11.4 Å². The van der Waals surface area contributed by atoms with Gasteiger partial charge in [0.2, 0.25) is 0 Å². The standard InChI is InChI=1S/C19H22N4OS/c1-3-22(4-2)10-11-23-14-9-8-13(20)19-16(14)17(21-23)12-6-5-7-15(24)18(12)25-19/h5-9,24H,3-4,10-11,20H2,1-2H3. The van der Waals surface area contributed by atoms with Gasteiger partial charge in [-0.2, -0.15) is 5.10 Å². The zero-order chi connectivity index (χ0) is 17.6. The van der Waals surface area contributed by atoms with Crippen LogP contribution >= 0.6 is 11.8 Å². The second kappa shape index (κ2) is 6.28. The topological polar surface area (TPSA) is 67.3 Å². The third-order valence-electron chi connectivity index (χ3n) is 4.88. The number of rotatable bonds is 5. The molecule has 3 N–H and O–H groups in total. The van der Waals surface area contributed by atoms with E-state index in [0.717, 1.165) is 63.8 Å². The van der Waals surface area contributed by atoms with Crippen LogP contribution in [0.25, 0.3) is 22.2 Å². The van der Waals surface area contributed by atoms with Gasteiger partial charge in [0, 0.05) is 28.1 Å². The summed E-state index contributed by atoms with van der Waals surface area (Å²) in [5, 5.41) is 16.3. The first-order valence-corrected chi connectivity index (χ1v) is 9.47. The van der Waals surface area contributed by atoms with Gasteiger partial charge >= 0.3 is 0 Å². The first-order valence-electron chi connectivity index (χ1n) is 8.65. The quantitative estimate of drug-likeness (QED) is 0.534. The molecule has 1 aliphatic heterocycles. The highest BCUT2D eigenvalue weighted by Crippen LogP contribution is 2.52. The molecule has 0 saturated heterocycles. The summed E-state index contributed by atoms with van der Waals surface area (Å²) in [4.78, 5) is 4.22. The van der Waals surface area contributed by atoms with Gasteiger partial charge < -0.3 is 15.7 Å². The van der Waals surface area contributed by atoms with Crippen molar-refractivity contribution in [2.45, 2.75) is 30.2 Å². The summed E-state index contributed by atoms with van der Waals surface area (Å²) in [7, 11) is 0. The summed E-state index contributed by atoms with van der Waals surface area (Å²) in [6.07, 6.45) is 0. The first kappa shape index (κ1) is 16.3. The van der Waals surface area contributed by atoms with Crippen molar-refractivity contribution in [3.8, 4) is 17.0 Å². The monoisotopic (exact) mass is 354 g/mol. The van der Waals surface area contributed by atoms with Gasteiger partial charge in [-0.15, -0.1) is 0 Å². The average Bonchev–Trinajstić information content (AvgIpc) is 2.99.